The molecule has 0 spiro atoms. The Morgan fingerprint density at radius 2 is 2.31 bits per heavy atom. The van der Waals surface area contributed by atoms with Crippen LogP contribution >= 0.6 is 0 Å². The number of nitrogens with zero attached hydrogens (tertiary/aromatic N) is 1. The number of hydrogen-bond donors (Lipinski definition) is 0. The summed E-state index contributed by atoms with van der Waals surface area (Å²) in [5.41, 5.74) is 1.66. The highest BCUT2D eigenvalue weighted by molar-refractivity contribution is 5.74. The summed E-state index contributed by atoms with van der Waals surface area (Å²) in [5.74, 6) is 1.52. The second-order valence-corrected chi connectivity index (χ2v) is 2.80. The van der Waals surface area contributed by atoms with Gasteiger partial charge in [-0.15, -0.1) is 0 Å². The summed E-state index contributed by atoms with van der Waals surface area (Å²) in [6.07, 6.45) is 0. The van der Waals surface area contributed by atoms with Gasteiger partial charge in [-0.2, -0.15) is 0 Å². The fraction of sp³-hybridized carbons (Fsp3) is 0.300. The molecular formula is C10H11NO2. The van der Waals surface area contributed by atoms with Crippen molar-refractivity contribution in [2.75, 3.05) is 6.61 Å². The van der Waals surface area contributed by atoms with Crippen LogP contribution in [0.1, 0.15) is 12.8 Å². The molecule has 13 heavy (non-hydrogen) atoms. The Morgan fingerprint density at radius 3 is 3.08 bits per heavy atom. The van der Waals surface area contributed by atoms with E-state index in [-0.39, 0.29) is 0 Å². The second-order valence-electron chi connectivity index (χ2n) is 2.80. The first-order chi connectivity index (χ1) is 6.29. The van der Waals surface area contributed by atoms with Crippen LogP contribution in [0.5, 0.6) is 5.75 Å². The zero-order valence-corrected chi connectivity index (χ0v) is 7.70. The number of oxazole rings is 1. The Kier molecular flexibility index (Phi) is 1.93. The van der Waals surface area contributed by atoms with Gasteiger partial charge in [-0.05, 0) is 19.1 Å². The molecule has 1 heterocycles. The molecule has 0 N–H and O–H groups in total. The molecule has 0 bridgehead atoms. The van der Waals surface area contributed by atoms with Gasteiger partial charge in [0.05, 0.1) is 6.61 Å². The molecule has 3 nitrogen and oxygen atoms in total. The molecule has 0 aliphatic carbocycles. The molecule has 0 atom stereocenters. The van der Waals surface area contributed by atoms with Crippen LogP contribution < -0.4 is 4.74 Å². The largest absolute Gasteiger partial charge is 0.494 e. The lowest BCUT2D eigenvalue weighted by atomic mass is 10.3. The molecule has 68 valence electrons. The zero-order chi connectivity index (χ0) is 9.26. The van der Waals surface area contributed by atoms with Crippen LogP contribution in [0.4, 0.5) is 0 Å². The number of rotatable bonds is 2. The lowest BCUT2D eigenvalue weighted by Crippen LogP contribution is -1.90. The van der Waals surface area contributed by atoms with Gasteiger partial charge in [0.15, 0.2) is 11.5 Å². The van der Waals surface area contributed by atoms with Crippen LogP contribution in [0.25, 0.3) is 11.1 Å². The lowest BCUT2D eigenvalue weighted by Gasteiger charge is -2.00. The molecule has 1 aromatic heterocycles. The number of aromatic nitrogens is 1. The maximum Gasteiger partial charge on any atom is 0.192 e. The van der Waals surface area contributed by atoms with Crippen LogP contribution in [0.3, 0.4) is 0 Å². The number of hydrogen-bond acceptors (Lipinski definition) is 3. The van der Waals surface area contributed by atoms with E-state index in [2.05, 4.69) is 4.98 Å². The molecule has 1 aromatic carbocycles. The summed E-state index contributed by atoms with van der Waals surface area (Å²) in [5, 5.41) is 0. The van der Waals surface area contributed by atoms with Gasteiger partial charge in [-0.1, -0.05) is 0 Å². The summed E-state index contributed by atoms with van der Waals surface area (Å²) >= 11 is 0. The first-order valence-electron chi connectivity index (χ1n) is 4.29. The van der Waals surface area contributed by atoms with E-state index in [1.165, 1.54) is 0 Å². The minimum atomic E-state index is 0.669. The smallest absolute Gasteiger partial charge is 0.192 e. The molecule has 3 heteroatoms. The molecule has 0 unspecified atom stereocenters. The highest BCUT2D eigenvalue weighted by atomic mass is 16.5. The standard InChI is InChI=1S/C10H11NO2/c1-3-12-8-4-5-10-9(6-8)11-7(2)13-10/h4-6H,3H2,1-2H3. The maximum absolute atomic E-state index is 5.34. The number of ether oxygens (including phenoxy) is 1. The Bertz CT molecular complexity index is 420. The summed E-state index contributed by atoms with van der Waals surface area (Å²) in [6, 6.07) is 5.64. The predicted octanol–water partition coefficient (Wildman–Crippen LogP) is 2.53. The first-order valence-corrected chi connectivity index (χ1v) is 4.29. The van der Waals surface area contributed by atoms with Crippen LogP contribution in [0.2, 0.25) is 0 Å². The van der Waals surface area contributed by atoms with Crippen molar-refractivity contribution in [1.82, 2.24) is 4.98 Å². The van der Waals surface area contributed by atoms with E-state index in [1.54, 1.807) is 0 Å². The van der Waals surface area contributed by atoms with Gasteiger partial charge in [0.1, 0.15) is 11.3 Å². The Morgan fingerprint density at radius 1 is 1.46 bits per heavy atom. The highest BCUT2D eigenvalue weighted by Crippen LogP contribution is 2.20. The molecule has 0 radical (unpaired) electrons. The summed E-state index contributed by atoms with van der Waals surface area (Å²) in [6.45, 7) is 4.46. The van der Waals surface area contributed by atoms with Crippen LogP contribution in [-0.4, -0.2) is 11.6 Å². The van der Waals surface area contributed by atoms with Gasteiger partial charge in [0, 0.05) is 13.0 Å². The highest BCUT2D eigenvalue weighted by Gasteiger charge is 2.02. The van der Waals surface area contributed by atoms with Gasteiger partial charge in [-0.25, -0.2) is 4.98 Å². The van der Waals surface area contributed by atoms with Gasteiger partial charge in [-0.3, -0.25) is 0 Å². The third-order valence-electron chi connectivity index (χ3n) is 1.78. The van der Waals surface area contributed by atoms with Crippen molar-refractivity contribution < 1.29 is 9.15 Å². The number of fused-ring (bicyclic) bond motifs is 1. The van der Waals surface area contributed by atoms with Crippen molar-refractivity contribution in [2.45, 2.75) is 13.8 Å². The maximum atomic E-state index is 5.34. The molecule has 0 saturated heterocycles. The van der Waals surface area contributed by atoms with E-state index in [9.17, 15) is 0 Å². The van der Waals surface area contributed by atoms with Crippen LogP contribution in [0.15, 0.2) is 22.6 Å². The number of benzene rings is 1. The third kappa shape index (κ3) is 1.49. The molecular weight excluding hydrogens is 166 g/mol. The van der Waals surface area contributed by atoms with E-state index in [1.807, 2.05) is 32.0 Å². The van der Waals surface area contributed by atoms with Gasteiger partial charge in [0.2, 0.25) is 0 Å². The van der Waals surface area contributed by atoms with E-state index >= 15 is 0 Å². The Labute approximate surface area is 76.3 Å². The van der Waals surface area contributed by atoms with E-state index in [0.29, 0.717) is 12.5 Å². The first kappa shape index (κ1) is 8.10. The quantitative estimate of drug-likeness (QED) is 0.707. The SMILES string of the molecule is CCOc1ccc2oc(C)nc2c1. The van der Waals surface area contributed by atoms with Crippen molar-refractivity contribution in [3.05, 3.63) is 24.1 Å². The summed E-state index contributed by atoms with van der Waals surface area (Å²) in [7, 11) is 0. The molecule has 0 fully saturated rings. The minimum absolute atomic E-state index is 0.669. The minimum Gasteiger partial charge on any atom is -0.494 e. The van der Waals surface area contributed by atoms with Crippen molar-refractivity contribution >= 4 is 11.1 Å². The summed E-state index contributed by atoms with van der Waals surface area (Å²) in [4.78, 5) is 4.21. The zero-order valence-electron chi connectivity index (χ0n) is 7.70. The fourth-order valence-electron chi connectivity index (χ4n) is 1.28. The Balaban J connectivity index is 2.48. The molecule has 0 aliphatic heterocycles. The molecule has 0 saturated carbocycles. The molecule has 0 amide bonds. The van der Waals surface area contributed by atoms with Crippen molar-refractivity contribution in [3.63, 3.8) is 0 Å². The van der Waals surface area contributed by atoms with Gasteiger partial charge in [0.25, 0.3) is 0 Å². The average molecular weight is 177 g/mol. The summed E-state index contributed by atoms with van der Waals surface area (Å²) < 4.78 is 10.7. The van der Waals surface area contributed by atoms with Crippen LogP contribution in [0, 0.1) is 6.92 Å². The second kappa shape index (κ2) is 3.09. The lowest BCUT2D eigenvalue weighted by molar-refractivity contribution is 0.340. The number of aryl methyl sites for hydroxylation is 1. The van der Waals surface area contributed by atoms with E-state index in [4.69, 9.17) is 9.15 Å². The van der Waals surface area contributed by atoms with Gasteiger partial charge >= 0.3 is 0 Å². The molecule has 2 rings (SSSR count). The van der Waals surface area contributed by atoms with Crippen molar-refractivity contribution in [2.24, 2.45) is 0 Å². The average Bonchev–Trinajstić information content (AvgIpc) is 2.44. The predicted molar refractivity (Wildman–Crippen MR) is 49.9 cm³/mol. The van der Waals surface area contributed by atoms with E-state index in [0.717, 1.165) is 16.8 Å². The fourth-order valence-corrected chi connectivity index (χ4v) is 1.28. The van der Waals surface area contributed by atoms with E-state index < -0.39 is 0 Å². The van der Waals surface area contributed by atoms with Crippen molar-refractivity contribution in [3.8, 4) is 5.75 Å². The molecule has 0 aliphatic rings. The van der Waals surface area contributed by atoms with Gasteiger partial charge < -0.3 is 9.15 Å². The van der Waals surface area contributed by atoms with Crippen LogP contribution in [-0.2, 0) is 0 Å². The Hall–Kier alpha value is -1.51. The van der Waals surface area contributed by atoms with Crippen molar-refractivity contribution in [1.29, 1.82) is 0 Å². The normalized spacial score (nSPS) is 10.6. The monoisotopic (exact) mass is 177 g/mol. The molecule has 2 aromatic rings. The third-order valence-corrected chi connectivity index (χ3v) is 1.78. The topological polar surface area (TPSA) is 35.3 Å².